The number of rotatable bonds is 5. The molecule has 0 saturated carbocycles. The molecule has 2 aromatic heterocycles. The number of nitrogens with zero attached hydrogens (tertiary/aromatic N) is 3. The molecule has 0 spiro atoms. The molecule has 3 heterocycles. The van der Waals surface area contributed by atoms with Gasteiger partial charge >= 0.3 is 0 Å². The van der Waals surface area contributed by atoms with Crippen molar-refractivity contribution in [2.75, 3.05) is 5.32 Å². The first-order chi connectivity index (χ1) is 15.2. The number of benzene rings is 2. The largest absolute Gasteiger partial charge is 0.318 e. The number of anilines is 1. The Balaban J connectivity index is 1.49. The number of nitrogens with one attached hydrogen (secondary N) is 1. The van der Waals surface area contributed by atoms with Crippen LogP contribution in [0.2, 0.25) is 0 Å². The van der Waals surface area contributed by atoms with Crippen LogP contribution in [0.3, 0.4) is 0 Å². The molecule has 1 N–H and O–H groups in total. The Morgan fingerprint density at radius 1 is 1.00 bits per heavy atom. The molecule has 6 nitrogen and oxygen atoms in total. The molecular formula is C24H18N4O2S. The summed E-state index contributed by atoms with van der Waals surface area (Å²) < 4.78 is 0. The third-order valence-electron chi connectivity index (χ3n) is 5.24. The zero-order valence-electron chi connectivity index (χ0n) is 16.4. The van der Waals surface area contributed by atoms with Gasteiger partial charge in [-0.25, -0.2) is 4.98 Å². The third-order valence-corrected chi connectivity index (χ3v) is 5.93. The summed E-state index contributed by atoms with van der Waals surface area (Å²) in [5.41, 5.74) is 3.93. The maximum Gasteiger partial charge on any atom is 0.255 e. The van der Waals surface area contributed by atoms with Crippen LogP contribution in [-0.2, 0) is 11.3 Å². The van der Waals surface area contributed by atoms with Crippen molar-refractivity contribution >= 4 is 28.3 Å². The molecule has 1 aliphatic rings. The van der Waals surface area contributed by atoms with Gasteiger partial charge in [-0.2, -0.15) is 0 Å². The topological polar surface area (TPSA) is 75.2 Å². The van der Waals surface area contributed by atoms with Crippen LogP contribution in [0.25, 0.3) is 11.3 Å². The van der Waals surface area contributed by atoms with Crippen LogP contribution >= 0.6 is 11.3 Å². The van der Waals surface area contributed by atoms with Gasteiger partial charge in [-0.1, -0.05) is 48.5 Å². The van der Waals surface area contributed by atoms with E-state index in [2.05, 4.69) is 15.3 Å². The van der Waals surface area contributed by atoms with Gasteiger partial charge < -0.3 is 4.90 Å². The molecule has 0 bridgehead atoms. The average Bonchev–Trinajstić information content (AvgIpc) is 3.43. The zero-order chi connectivity index (χ0) is 21.2. The molecule has 152 valence electrons. The van der Waals surface area contributed by atoms with Gasteiger partial charge in [0.15, 0.2) is 5.13 Å². The van der Waals surface area contributed by atoms with E-state index in [9.17, 15) is 9.59 Å². The van der Waals surface area contributed by atoms with E-state index >= 15 is 0 Å². The van der Waals surface area contributed by atoms with Gasteiger partial charge in [-0.15, -0.1) is 11.3 Å². The fourth-order valence-corrected chi connectivity index (χ4v) is 4.32. The van der Waals surface area contributed by atoms with Gasteiger partial charge in [-0.05, 0) is 29.3 Å². The van der Waals surface area contributed by atoms with Crippen molar-refractivity contribution in [1.82, 2.24) is 14.9 Å². The molecule has 5 rings (SSSR count). The molecular weight excluding hydrogens is 408 g/mol. The van der Waals surface area contributed by atoms with Crippen molar-refractivity contribution in [1.29, 1.82) is 0 Å². The first-order valence-corrected chi connectivity index (χ1v) is 10.7. The first kappa shape index (κ1) is 19.1. The van der Waals surface area contributed by atoms with E-state index in [1.165, 1.54) is 11.3 Å². The Labute approximate surface area is 183 Å². The highest BCUT2D eigenvalue weighted by molar-refractivity contribution is 7.13. The van der Waals surface area contributed by atoms with E-state index in [-0.39, 0.29) is 11.8 Å². The van der Waals surface area contributed by atoms with E-state index in [1.807, 2.05) is 66.7 Å². The predicted molar refractivity (Wildman–Crippen MR) is 119 cm³/mol. The van der Waals surface area contributed by atoms with Crippen LogP contribution < -0.4 is 5.32 Å². The van der Waals surface area contributed by atoms with Crippen LogP contribution in [0.15, 0.2) is 84.5 Å². The Kier molecular flexibility index (Phi) is 5.01. The van der Waals surface area contributed by atoms with Gasteiger partial charge in [0.05, 0.1) is 5.69 Å². The van der Waals surface area contributed by atoms with Crippen molar-refractivity contribution in [2.45, 2.75) is 12.6 Å². The van der Waals surface area contributed by atoms with E-state index in [4.69, 9.17) is 0 Å². The Bertz CT molecular complexity index is 1230. The highest BCUT2D eigenvalue weighted by atomic mass is 32.1. The van der Waals surface area contributed by atoms with Crippen molar-refractivity contribution in [2.24, 2.45) is 0 Å². The number of thiazole rings is 1. The minimum absolute atomic E-state index is 0.170. The zero-order valence-corrected chi connectivity index (χ0v) is 17.3. The second-order valence-electron chi connectivity index (χ2n) is 7.16. The van der Waals surface area contributed by atoms with E-state index in [1.54, 1.807) is 22.7 Å². The summed E-state index contributed by atoms with van der Waals surface area (Å²) in [7, 11) is 0. The Morgan fingerprint density at radius 2 is 1.84 bits per heavy atom. The van der Waals surface area contributed by atoms with Crippen molar-refractivity contribution in [3.63, 3.8) is 0 Å². The van der Waals surface area contributed by atoms with Gasteiger partial charge in [0.25, 0.3) is 11.8 Å². The number of amides is 2. The molecule has 0 unspecified atom stereocenters. The molecule has 31 heavy (non-hydrogen) atoms. The number of hydrogen-bond acceptors (Lipinski definition) is 5. The predicted octanol–water partition coefficient (Wildman–Crippen LogP) is 4.54. The summed E-state index contributed by atoms with van der Waals surface area (Å²) in [6.45, 7) is 0.363. The Morgan fingerprint density at radius 3 is 2.58 bits per heavy atom. The first-order valence-electron chi connectivity index (χ1n) is 9.81. The summed E-state index contributed by atoms with van der Waals surface area (Å²) in [4.78, 5) is 36.8. The lowest BCUT2D eigenvalue weighted by atomic mass is 10.0. The van der Waals surface area contributed by atoms with Gasteiger partial charge in [0.2, 0.25) is 0 Å². The number of hydrogen-bond donors (Lipinski definition) is 1. The molecule has 4 aromatic rings. The lowest BCUT2D eigenvalue weighted by Crippen LogP contribution is -2.37. The van der Waals surface area contributed by atoms with Gasteiger partial charge in [0, 0.05) is 35.4 Å². The lowest BCUT2D eigenvalue weighted by Gasteiger charge is -2.27. The number of fused-ring (bicyclic) bond motifs is 1. The molecule has 0 saturated heterocycles. The monoisotopic (exact) mass is 426 g/mol. The lowest BCUT2D eigenvalue weighted by molar-refractivity contribution is -0.120. The highest BCUT2D eigenvalue weighted by Gasteiger charge is 2.37. The summed E-state index contributed by atoms with van der Waals surface area (Å²) >= 11 is 1.34. The van der Waals surface area contributed by atoms with Crippen molar-refractivity contribution in [3.05, 3.63) is 101 Å². The number of aromatic nitrogens is 2. The summed E-state index contributed by atoms with van der Waals surface area (Å²) in [6, 6.07) is 20.0. The van der Waals surface area contributed by atoms with Crippen LogP contribution in [0, 0.1) is 0 Å². The number of carbonyl (C=O) groups excluding carboxylic acids is 2. The smallest absolute Gasteiger partial charge is 0.255 e. The molecule has 7 heteroatoms. The second-order valence-corrected chi connectivity index (χ2v) is 8.05. The molecule has 0 fully saturated rings. The van der Waals surface area contributed by atoms with Crippen molar-refractivity contribution in [3.8, 4) is 11.3 Å². The van der Waals surface area contributed by atoms with E-state index < -0.39 is 6.04 Å². The van der Waals surface area contributed by atoms with E-state index in [0.29, 0.717) is 17.2 Å². The summed E-state index contributed by atoms with van der Waals surface area (Å²) in [6.07, 6.45) is 3.36. The average molecular weight is 427 g/mol. The molecule has 1 aliphatic heterocycles. The van der Waals surface area contributed by atoms with Gasteiger partial charge in [0.1, 0.15) is 6.04 Å². The minimum atomic E-state index is -0.761. The third kappa shape index (κ3) is 3.71. The fourth-order valence-electron chi connectivity index (χ4n) is 3.79. The van der Waals surface area contributed by atoms with Crippen LogP contribution in [0.1, 0.15) is 27.5 Å². The van der Waals surface area contributed by atoms with Crippen LogP contribution in [-0.4, -0.2) is 26.7 Å². The SMILES string of the molecule is O=C(Nc1nccs1)[C@@H](c1ccccc1)N1Cc2ccc(-c3ccccn3)cc2C1=O. The highest BCUT2D eigenvalue weighted by Crippen LogP contribution is 2.34. The number of pyridine rings is 1. The maximum absolute atomic E-state index is 13.4. The molecule has 0 radical (unpaired) electrons. The fraction of sp³-hybridized carbons (Fsp3) is 0.0833. The Hall–Kier alpha value is -3.84. The summed E-state index contributed by atoms with van der Waals surface area (Å²) in [5.74, 6) is -0.455. The second kappa shape index (κ2) is 8.12. The summed E-state index contributed by atoms with van der Waals surface area (Å²) in [5, 5.41) is 5.15. The maximum atomic E-state index is 13.4. The van der Waals surface area contributed by atoms with Crippen LogP contribution in [0.4, 0.5) is 5.13 Å². The molecule has 0 aliphatic carbocycles. The quantitative estimate of drug-likeness (QED) is 0.508. The minimum Gasteiger partial charge on any atom is -0.318 e. The normalized spacial score (nSPS) is 13.7. The molecule has 2 amide bonds. The van der Waals surface area contributed by atoms with Crippen molar-refractivity contribution < 1.29 is 9.59 Å². The number of carbonyl (C=O) groups is 2. The molecule has 2 aromatic carbocycles. The van der Waals surface area contributed by atoms with E-state index in [0.717, 1.165) is 22.4 Å². The van der Waals surface area contributed by atoms with Crippen LogP contribution in [0.5, 0.6) is 0 Å². The molecule has 1 atom stereocenters. The van der Waals surface area contributed by atoms with Gasteiger partial charge in [-0.3, -0.25) is 19.9 Å². The standard InChI is InChI=1S/C24H18N4O2S/c29-22(27-24-26-12-13-31-24)21(16-6-2-1-3-7-16)28-15-18-10-9-17(14-19(18)23(28)30)20-8-4-5-11-25-20/h1-14,21H,15H2,(H,26,27,29)/t21-/m1/s1.